The Hall–Kier alpha value is -2.40. The van der Waals surface area contributed by atoms with Gasteiger partial charge in [-0.2, -0.15) is 0 Å². The topological polar surface area (TPSA) is 68.2 Å². The lowest BCUT2D eigenvalue weighted by molar-refractivity contribution is -0.138. The van der Waals surface area contributed by atoms with Gasteiger partial charge in [-0.3, -0.25) is 0 Å². The van der Waals surface area contributed by atoms with Crippen LogP contribution in [0.3, 0.4) is 0 Å². The molecule has 35 heavy (non-hydrogen) atoms. The van der Waals surface area contributed by atoms with Gasteiger partial charge in [0.15, 0.2) is 11.5 Å². The molecule has 2 aliphatic heterocycles. The van der Waals surface area contributed by atoms with Crippen LogP contribution in [0.25, 0.3) is 0 Å². The fraction of sp³-hybridized carbons (Fsp3) is 0.600. The number of rotatable bonds is 4. The molecule has 3 atom stereocenters. The number of aryl methyl sites for hydroxylation is 2. The molecule has 2 N–H and O–H groups in total. The average Bonchev–Trinajstić information content (AvgIpc) is 2.78. The molecule has 0 radical (unpaired) electrons. The molecule has 190 valence electrons. The maximum atomic E-state index is 10.7. The van der Waals surface area contributed by atoms with E-state index in [-0.39, 0.29) is 28.6 Å². The summed E-state index contributed by atoms with van der Waals surface area (Å²) < 4.78 is 18.6. The first-order valence-electron chi connectivity index (χ1n) is 13.0. The Morgan fingerprint density at radius 1 is 0.971 bits per heavy atom. The van der Waals surface area contributed by atoms with E-state index in [1.807, 2.05) is 6.07 Å². The van der Waals surface area contributed by atoms with Gasteiger partial charge in [0.2, 0.25) is 0 Å². The number of fused-ring (bicyclic) bond motifs is 3. The summed E-state index contributed by atoms with van der Waals surface area (Å²) in [5.74, 6) is 3.00. The van der Waals surface area contributed by atoms with E-state index in [0.29, 0.717) is 5.75 Å². The van der Waals surface area contributed by atoms with Gasteiger partial charge >= 0.3 is 0 Å². The van der Waals surface area contributed by atoms with Crippen LogP contribution in [0.15, 0.2) is 24.3 Å². The standard InChI is InChI=1S/C30H40O5/c1-28(2)11-9-21-22(31)14-19(15-23(21)34-28)8-7-18-13-20-17-25-29(3,4)26(32)10-12-30(25,5)35-27(20)24(16-18)33-6/h13-16,25-26,31-32H,7-12,17H2,1-6H3/t25-,26-,30-/m1/s1. The van der Waals surface area contributed by atoms with E-state index in [9.17, 15) is 10.2 Å². The molecule has 0 unspecified atom stereocenters. The van der Waals surface area contributed by atoms with E-state index in [4.69, 9.17) is 14.2 Å². The highest BCUT2D eigenvalue weighted by Crippen LogP contribution is 2.55. The molecule has 0 aromatic heterocycles. The smallest absolute Gasteiger partial charge is 0.165 e. The minimum absolute atomic E-state index is 0.209. The van der Waals surface area contributed by atoms with E-state index >= 15 is 0 Å². The van der Waals surface area contributed by atoms with Crippen molar-refractivity contribution in [2.75, 3.05) is 7.11 Å². The second kappa shape index (κ2) is 8.33. The molecular weight excluding hydrogens is 440 g/mol. The Morgan fingerprint density at radius 3 is 2.40 bits per heavy atom. The summed E-state index contributed by atoms with van der Waals surface area (Å²) in [7, 11) is 1.70. The maximum Gasteiger partial charge on any atom is 0.165 e. The van der Waals surface area contributed by atoms with E-state index in [0.717, 1.165) is 78.9 Å². The molecule has 0 amide bonds. The molecule has 5 nitrogen and oxygen atoms in total. The van der Waals surface area contributed by atoms with Crippen LogP contribution in [0.4, 0.5) is 0 Å². The van der Waals surface area contributed by atoms with Crippen molar-refractivity contribution in [3.8, 4) is 23.0 Å². The number of aromatic hydroxyl groups is 1. The highest BCUT2D eigenvalue weighted by molar-refractivity contribution is 5.53. The van der Waals surface area contributed by atoms with Crippen molar-refractivity contribution in [2.24, 2.45) is 11.3 Å². The molecule has 0 saturated heterocycles. The van der Waals surface area contributed by atoms with Crippen molar-refractivity contribution in [2.45, 2.75) is 96.9 Å². The maximum absolute atomic E-state index is 10.7. The second-order valence-corrected chi connectivity index (χ2v) is 12.3. The van der Waals surface area contributed by atoms with E-state index in [1.54, 1.807) is 7.11 Å². The number of phenols is 1. The van der Waals surface area contributed by atoms with E-state index in [2.05, 4.69) is 52.8 Å². The van der Waals surface area contributed by atoms with Gasteiger partial charge in [-0.1, -0.05) is 19.9 Å². The first-order chi connectivity index (χ1) is 16.4. The second-order valence-electron chi connectivity index (χ2n) is 12.3. The minimum Gasteiger partial charge on any atom is -0.508 e. The molecule has 5 heteroatoms. The number of aliphatic hydroxyl groups is 1. The fourth-order valence-corrected chi connectivity index (χ4v) is 6.57. The highest BCUT2D eigenvalue weighted by atomic mass is 16.5. The third-order valence-corrected chi connectivity index (χ3v) is 8.89. The van der Waals surface area contributed by atoms with Gasteiger partial charge in [-0.25, -0.2) is 0 Å². The molecule has 0 bridgehead atoms. The fourth-order valence-electron chi connectivity index (χ4n) is 6.57. The monoisotopic (exact) mass is 480 g/mol. The van der Waals surface area contributed by atoms with Crippen LogP contribution in [-0.2, 0) is 25.7 Å². The van der Waals surface area contributed by atoms with E-state index < -0.39 is 0 Å². The van der Waals surface area contributed by atoms with Crippen LogP contribution in [0.1, 0.15) is 76.1 Å². The lowest BCUT2D eigenvalue weighted by Crippen LogP contribution is -2.58. The van der Waals surface area contributed by atoms with Gasteiger partial charge in [0.25, 0.3) is 0 Å². The van der Waals surface area contributed by atoms with Crippen molar-refractivity contribution < 1.29 is 24.4 Å². The predicted molar refractivity (Wildman–Crippen MR) is 137 cm³/mol. The lowest BCUT2D eigenvalue weighted by atomic mass is 9.57. The molecule has 5 rings (SSSR count). The van der Waals surface area contributed by atoms with Crippen LogP contribution in [0.5, 0.6) is 23.0 Å². The van der Waals surface area contributed by atoms with Crippen LogP contribution in [-0.4, -0.2) is 34.6 Å². The zero-order chi connectivity index (χ0) is 25.2. The van der Waals surface area contributed by atoms with Crippen molar-refractivity contribution in [3.05, 3.63) is 46.5 Å². The third kappa shape index (κ3) is 4.26. The van der Waals surface area contributed by atoms with Crippen molar-refractivity contribution in [1.82, 2.24) is 0 Å². The first-order valence-corrected chi connectivity index (χ1v) is 13.0. The highest BCUT2D eigenvalue weighted by Gasteiger charge is 2.54. The van der Waals surface area contributed by atoms with Crippen molar-refractivity contribution >= 4 is 0 Å². The predicted octanol–water partition coefficient (Wildman–Crippen LogP) is 5.78. The normalized spacial score (nSPS) is 28.1. The van der Waals surface area contributed by atoms with Gasteiger partial charge in [-0.15, -0.1) is 0 Å². The van der Waals surface area contributed by atoms with Crippen LogP contribution in [0.2, 0.25) is 0 Å². The van der Waals surface area contributed by atoms with Gasteiger partial charge in [0.1, 0.15) is 22.7 Å². The molecule has 2 heterocycles. The van der Waals surface area contributed by atoms with Crippen LogP contribution in [0, 0.1) is 11.3 Å². The van der Waals surface area contributed by atoms with Crippen molar-refractivity contribution in [3.63, 3.8) is 0 Å². The molecule has 2 aromatic carbocycles. The molecule has 1 fully saturated rings. The number of hydrogen-bond donors (Lipinski definition) is 2. The quantitative estimate of drug-likeness (QED) is 0.581. The molecular formula is C30H40O5. The zero-order valence-corrected chi connectivity index (χ0v) is 22.0. The SMILES string of the molecule is COc1cc(CCc2cc(O)c3c(c2)OC(C)(C)CC3)cc2c1O[C@]1(C)CC[C@@H](O)C(C)(C)[C@H]1C2. The van der Waals surface area contributed by atoms with E-state index in [1.165, 1.54) is 5.56 Å². The number of benzene rings is 2. The van der Waals surface area contributed by atoms with Crippen molar-refractivity contribution in [1.29, 1.82) is 0 Å². The zero-order valence-electron chi connectivity index (χ0n) is 22.0. The Morgan fingerprint density at radius 2 is 1.69 bits per heavy atom. The van der Waals surface area contributed by atoms with Gasteiger partial charge in [-0.05, 0) is 106 Å². The van der Waals surface area contributed by atoms with Gasteiger partial charge in [0, 0.05) is 11.5 Å². The van der Waals surface area contributed by atoms with Gasteiger partial charge < -0.3 is 24.4 Å². The number of methoxy groups -OCH3 is 1. The number of phenolic OH excluding ortho intramolecular Hbond substituents is 1. The largest absolute Gasteiger partial charge is 0.508 e. The molecule has 2 aromatic rings. The Kier molecular flexibility index (Phi) is 5.78. The third-order valence-electron chi connectivity index (χ3n) is 8.89. The lowest BCUT2D eigenvalue weighted by Gasteiger charge is -2.55. The molecule has 1 saturated carbocycles. The van der Waals surface area contributed by atoms with Crippen LogP contribution < -0.4 is 14.2 Å². The Balaban J connectivity index is 1.41. The summed E-state index contributed by atoms with van der Waals surface area (Å²) >= 11 is 0. The summed E-state index contributed by atoms with van der Waals surface area (Å²) in [4.78, 5) is 0. The summed E-state index contributed by atoms with van der Waals surface area (Å²) in [6.07, 6.45) is 5.48. The average molecular weight is 481 g/mol. The summed E-state index contributed by atoms with van der Waals surface area (Å²) in [6.45, 7) is 10.7. The van der Waals surface area contributed by atoms with Gasteiger partial charge in [0.05, 0.1) is 13.2 Å². The molecule has 3 aliphatic rings. The number of hydrogen-bond acceptors (Lipinski definition) is 5. The Bertz CT molecular complexity index is 1130. The first kappa shape index (κ1) is 24.3. The Labute approximate surface area is 209 Å². The minimum atomic E-state index is -0.320. The number of aliphatic hydroxyl groups excluding tert-OH is 1. The summed E-state index contributed by atoms with van der Waals surface area (Å²) in [5, 5.41) is 21.3. The summed E-state index contributed by atoms with van der Waals surface area (Å²) in [5.41, 5.74) is 3.58. The summed E-state index contributed by atoms with van der Waals surface area (Å²) in [6, 6.07) is 8.30. The molecule has 1 aliphatic carbocycles. The number of ether oxygens (including phenoxy) is 3. The van der Waals surface area contributed by atoms with Crippen LogP contribution >= 0.6 is 0 Å². The molecule has 0 spiro atoms.